The molecular formula is C65H110O6. The van der Waals surface area contributed by atoms with Gasteiger partial charge < -0.3 is 14.2 Å². The normalized spacial score (nSPS) is 12.8. The first-order chi connectivity index (χ1) is 35.0. The van der Waals surface area contributed by atoms with Crippen molar-refractivity contribution < 1.29 is 28.6 Å². The highest BCUT2D eigenvalue weighted by atomic mass is 16.6. The topological polar surface area (TPSA) is 78.9 Å². The van der Waals surface area contributed by atoms with Gasteiger partial charge in [-0.05, 0) is 89.9 Å². The van der Waals surface area contributed by atoms with Crippen LogP contribution in [0.4, 0.5) is 0 Å². The minimum Gasteiger partial charge on any atom is -0.462 e. The first kappa shape index (κ1) is 67.3. The second-order valence-electron chi connectivity index (χ2n) is 19.5. The van der Waals surface area contributed by atoms with Crippen molar-refractivity contribution in [3.8, 4) is 0 Å². The van der Waals surface area contributed by atoms with Gasteiger partial charge in [0.1, 0.15) is 13.2 Å². The molecule has 0 aromatic carbocycles. The molecule has 0 spiro atoms. The summed E-state index contributed by atoms with van der Waals surface area (Å²) >= 11 is 0. The molecule has 0 saturated carbocycles. The molecule has 71 heavy (non-hydrogen) atoms. The van der Waals surface area contributed by atoms with Crippen LogP contribution in [-0.4, -0.2) is 37.2 Å². The molecule has 0 aromatic rings. The van der Waals surface area contributed by atoms with Crippen molar-refractivity contribution >= 4 is 17.9 Å². The maximum Gasteiger partial charge on any atom is 0.306 e. The third-order valence-electron chi connectivity index (χ3n) is 12.6. The van der Waals surface area contributed by atoms with E-state index in [9.17, 15) is 14.4 Å². The Bertz CT molecular complexity index is 1410. The van der Waals surface area contributed by atoms with Crippen LogP contribution < -0.4 is 0 Å². The fourth-order valence-electron chi connectivity index (χ4n) is 8.15. The number of esters is 3. The molecule has 0 aromatic heterocycles. The maximum absolute atomic E-state index is 12.9. The van der Waals surface area contributed by atoms with Crippen LogP contribution in [0.15, 0.2) is 97.2 Å². The molecule has 1 atom stereocenters. The molecule has 0 amide bonds. The second kappa shape index (κ2) is 58.9. The zero-order valence-corrected chi connectivity index (χ0v) is 46.5. The van der Waals surface area contributed by atoms with E-state index in [2.05, 4.69) is 112 Å². The molecule has 0 N–H and O–H groups in total. The molecule has 406 valence electrons. The molecule has 0 saturated heterocycles. The lowest BCUT2D eigenvalue weighted by Crippen LogP contribution is -2.30. The summed E-state index contributed by atoms with van der Waals surface area (Å²) < 4.78 is 16.8. The predicted molar refractivity (Wildman–Crippen MR) is 307 cm³/mol. The minimum absolute atomic E-state index is 0.106. The highest BCUT2D eigenvalue weighted by molar-refractivity contribution is 5.71. The van der Waals surface area contributed by atoms with Crippen molar-refractivity contribution in [2.45, 2.75) is 284 Å². The van der Waals surface area contributed by atoms with Gasteiger partial charge in [-0.3, -0.25) is 14.4 Å². The van der Waals surface area contributed by atoms with Crippen LogP contribution in [0, 0.1) is 0 Å². The summed E-state index contributed by atoms with van der Waals surface area (Å²) in [7, 11) is 0. The van der Waals surface area contributed by atoms with E-state index in [0.717, 1.165) is 103 Å². The van der Waals surface area contributed by atoms with Gasteiger partial charge in [0.05, 0.1) is 0 Å². The average molecular weight is 988 g/mol. The van der Waals surface area contributed by atoms with Gasteiger partial charge in [-0.15, -0.1) is 0 Å². The van der Waals surface area contributed by atoms with E-state index in [1.54, 1.807) is 0 Å². The van der Waals surface area contributed by atoms with Gasteiger partial charge in [0.25, 0.3) is 0 Å². The molecule has 0 aliphatic rings. The van der Waals surface area contributed by atoms with Gasteiger partial charge in [-0.1, -0.05) is 266 Å². The Morgan fingerprint density at radius 3 is 0.972 bits per heavy atom. The van der Waals surface area contributed by atoms with E-state index in [4.69, 9.17) is 14.2 Å². The quantitative estimate of drug-likeness (QED) is 0.0261. The number of hydrogen-bond acceptors (Lipinski definition) is 6. The standard InChI is InChI=1S/C65H110O6/c1-4-7-10-13-16-19-22-25-28-30-32-34-37-39-42-45-48-51-54-57-63(66)69-60-62(71-65(68)59-56-53-50-47-44-41-36-27-24-21-18-15-12-9-6-3)61-70-64(67)58-55-52-49-46-43-40-38-35-33-31-29-26-23-20-17-14-11-8-5-2/h9,12,16,18-19,21,25,27-28,32,34,36,39,42,48,51,62H,4-8,10-11,13-15,17,20,22-24,26,29-31,33,35,37-38,40-41,43-47,49-50,52-61H2,1-3H3/b12-9-,19-16-,21-18-,28-25-,34-32-,36-27-,42-39-,51-48-/t62-/m1/s1. The van der Waals surface area contributed by atoms with Crippen LogP contribution in [0.1, 0.15) is 278 Å². The summed E-state index contributed by atoms with van der Waals surface area (Å²) in [4.78, 5) is 38.2. The number of carbonyl (C=O) groups excluding carboxylic acids is 3. The summed E-state index contributed by atoms with van der Waals surface area (Å²) in [5.41, 5.74) is 0. The summed E-state index contributed by atoms with van der Waals surface area (Å²) in [6, 6.07) is 0. The smallest absolute Gasteiger partial charge is 0.306 e. The number of carbonyl (C=O) groups is 3. The second-order valence-corrected chi connectivity index (χ2v) is 19.5. The van der Waals surface area contributed by atoms with Crippen molar-refractivity contribution in [3.05, 3.63) is 97.2 Å². The van der Waals surface area contributed by atoms with Crippen molar-refractivity contribution in [1.29, 1.82) is 0 Å². The van der Waals surface area contributed by atoms with Gasteiger partial charge in [-0.25, -0.2) is 0 Å². The number of ether oxygens (including phenoxy) is 3. The fourth-order valence-corrected chi connectivity index (χ4v) is 8.15. The Labute approximate surface area is 438 Å². The van der Waals surface area contributed by atoms with Gasteiger partial charge in [0.15, 0.2) is 6.10 Å². The van der Waals surface area contributed by atoms with Crippen LogP contribution in [0.2, 0.25) is 0 Å². The monoisotopic (exact) mass is 987 g/mol. The Balaban J connectivity index is 4.48. The molecule has 0 aliphatic carbocycles. The zero-order chi connectivity index (χ0) is 51.4. The number of hydrogen-bond donors (Lipinski definition) is 0. The van der Waals surface area contributed by atoms with Crippen LogP contribution in [-0.2, 0) is 28.6 Å². The van der Waals surface area contributed by atoms with E-state index in [-0.39, 0.29) is 37.5 Å². The molecular weight excluding hydrogens is 877 g/mol. The lowest BCUT2D eigenvalue weighted by Gasteiger charge is -2.18. The maximum atomic E-state index is 12.9. The Hall–Kier alpha value is -3.67. The third-order valence-corrected chi connectivity index (χ3v) is 12.6. The van der Waals surface area contributed by atoms with Gasteiger partial charge in [0.2, 0.25) is 0 Å². The fraction of sp³-hybridized carbons (Fsp3) is 0.708. The van der Waals surface area contributed by atoms with Crippen LogP contribution in [0.3, 0.4) is 0 Å². The highest BCUT2D eigenvalue weighted by Gasteiger charge is 2.19. The van der Waals surface area contributed by atoms with E-state index < -0.39 is 6.10 Å². The van der Waals surface area contributed by atoms with Crippen molar-refractivity contribution in [3.63, 3.8) is 0 Å². The average Bonchev–Trinajstić information content (AvgIpc) is 3.37. The van der Waals surface area contributed by atoms with E-state index in [1.165, 1.54) is 128 Å². The van der Waals surface area contributed by atoms with Gasteiger partial charge >= 0.3 is 17.9 Å². The minimum atomic E-state index is -0.817. The molecule has 0 aliphatic heterocycles. The molecule has 6 nitrogen and oxygen atoms in total. The summed E-state index contributed by atoms with van der Waals surface area (Å²) in [6.45, 7) is 6.44. The molecule has 6 heteroatoms. The van der Waals surface area contributed by atoms with Crippen molar-refractivity contribution in [2.24, 2.45) is 0 Å². The number of unbranched alkanes of at least 4 members (excludes halogenated alkanes) is 26. The van der Waals surface area contributed by atoms with E-state index >= 15 is 0 Å². The van der Waals surface area contributed by atoms with Crippen molar-refractivity contribution in [1.82, 2.24) is 0 Å². The Kier molecular flexibility index (Phi) is 55.9. The van der Waals surface area contributed by atoms with Crippen molar-refractivity contribution in [2.75, 3.05) is 13.2 Å². The Morgan fingerprint density at radius 1 is 0.296 bits per heavy atom. The Morgan fingerprint density at radius 2 is 0.577 bits per heavy atom. The number of rotatable bonds is 53. The predicted octanol–water partition coefficient (Wildman–Crippen LogP) is 20.1. The van der Waals surface area contributed by atoms with Gasteiger partial charge in [-0.2, -0.15) is 0 Å². The molecule has 0 bridgehead atoms. The summed E-state index contributed by atoms with van der Waals surface area (Å²) in [6.07, 6.45) is 78.4. The highest BCUT2D eigenvalue weighted by Crippen LogP contribution is 2.16. The first-order valence-corrected chi connectivity index (χ1v) is 29.7. The van der Waals surface area contributed by atoms with Crippen LogP contribution >= 0.6 is 0 Å². The lowest BCUT2D eigenvalue weighted by molar-refractivity contribution is -0.166. The molecule has 0 unspecified atom stereocenters. The molecule has 0 fully saturated rings. The van der Waals surface area contributed by atoms with Crippen LogP contribution in [0.5, 0.6) is 0 Å². The zero-order valence-electron chi connectivity index (χ0n) is 46.5. The van der Waals surface area contributed by atoms with E-state index in [1.807, 2.05) is 6.08 Å². The summed E-state index contributed by atoms with van der Waals surface area (Å²) in [5, 5.41) is 0. The van der Waals surface area contributed by atoms with E-state index in [0.29, 0.717) is 19.3 Å². The largest absolute Gasteiger partial charge is 0.462 e. The first-order valence-electron chi connectivity index (χ1n) is 29.7. The summed E-state index contributed by atoms with van der Waals surface area (Å²) in [5.74, 6) is -1.00. The SMILES string of the molecule is CC/C=C\C/C=C\C/C=C\CCCCCCCC(=O)O[C@H](COC(=O)CC/C=C\C/C=C\C/C=C\C/C=C\C/C=C\CCCCC)COC(=O)CCCCCCCCCCCCCCCCCCCCC. The molecule has 0 rings (SSSR count). The molecule has 0 radical (unpaired) electrons. The van der Waals surface area contributed by atoms with Gasteiger partial charge in [0, 0.05) is 19.3 Å². The molecule has 0 heterocycles. The van der Waals surface area contributed by atoms with Crippen LogP contribution in [0.25, 0.3) is 0 Å². The number of allylic oxidation sites excluding steroid dienone is 16. The lowest BCUT2D eigenvalue weighted by atomic mass is 10.0. The third kappa shape index (κ3) is 57.1.